The lowest BCUT2D eigenvalue weighted by atomic mass is 10.2. The summed E-state index contributed by atoms with van der Waals surface area (Å²) in [6, 6.07) is 2.34. The van der Waals surface area contributed by atoms with Crippen LogP contribution in [0.5, 0.6) is 0 Å². The second-order valence-electron chi connectivity index (χ2n) is 5.53. The van der Waals surface area contributed by atoms with Crippen molar-refractivity contribution in [2.75, 3.05) is 43.9 Å². The number of nitrogens with two attached hydrogens (primary N) is 1. The zero-order valence-electron chi connectivity index (χ0n) is 12.8. The normalized spacial score (nSPS) is 20.1. The van der Waals surface area contributed by atoms with Crippen molar-refractivity contribution in [2.45, 2.75) is 19.4 Å². The molecule has 5 nitrogen and oxygen atoms in total. The summed E-state index contributed by atoms with van der Waals surface area (Å²) >= 11 is 1.47. The number of carbonyl (C=O) groups is 1. The van der Waals surface area contributed by atoms with E-state index in [1.165, 1.54) is 11.3 Å². The lowest BCUT2D eigenvalue weighted by Crippen LogP contribution is -2.37. The van der Waals surface area contributed by atoms with Crippen LogP contribution in [0.1, 0.15) is 23.0 Å². The van der Waals surface area contributed by atoms with E-state index in [0.29, 0.717) is 23.2 Å². The van der Waals surface area contributed by atoms with Crippen LogP contribution in [-0.2, 0) is 0 Å². The van der Waals surface area contributed by atoms with Crippen molar-refractivity contribution >= 4 is 27.9 Å². The second-order valence-corrected chi connectivity index (χ2v) is 6.56. The van der Waals surface area contributed by atoms with E-state index in [-0.39, 0.29) is 5.91 Å². The Morgan fingerprint density at radius 2 is 2.38 bits per heavy atom. The highest BCUT2D eigenvalue weighted by molar-refractivity contribution is 7.18. The Morgan fingerprint density at radius 1 is 1.62 bits per heavy atom. The Morgan fingerprint density at radius 3 is 3.10 bits per heavy atom. The van der Waals surface area contributed by atoms with Crippen LogP contribution in [0.15, 0.2) is 18.7 Å². The fraction of sp³-hybridized carbons (Fsp3) is 0.533. The number of carbonyl (C=O) groups excluding carboxylic acids is 1. The molecule has 1 fully saturated rings. The largest absolute Gasteiger partial charge is 0.397 e. The zero-order valence-corrected chi connectivity index (χ0v) is 13.6. The summed E-state index contributed by atoms with van der Waals surface area (Å²) in [5, 5.41) is 3.87. The Balaban J connectivity index is 2.17. The molecule has 6 heteroatoms. The van der Waals surface area contributed by atoms with E-state index in [1.54, 1.807) is 6.08 Å². The number of amides is 1. The number of nitrogens with one attached hydrogen (secondary N) is 1. The predicted molar refractivity (Wildman–Crippen MR) is 90.2 cm³/mol. The van der Waals surface area contributed by atoms with Crippen molar-refractivity contribution in [3.63, 3.8) is 0 Å². The van der Waals surface area contributed by atoms with Crippen molar-refractivity contribution in [1.82, 2.24) is 10.2 Å². The van der Waals surface area contributed by atoms with E-state index < -0.39 is 0 Å². The standard InChI is InChI=1S/C15H24N4OS/c1-4-6-17-15(20)14-12(16)9-13(21-14)19-8-5-7-18(3)10-11(19)2/h4,9,11H,1,5-8,10,16H2,2-3H3,(H,17,20). The van der Waals surface area contributed by atoms with E-state index in [0.717, 1.165) is 31.1 Å². The minimum absolute atomic E-state index is 0.122. The minimum atomic E-state index is -0.122. The topological polar surface area (TPSA) is 61.6 Å². The van der Waals surface area contributed by atoms with Gasteiger partial charge in [0.1, 0.15) is 4.88 Å². The lowest BCUT2D eigenvalue weighted by Gasteiger charge is -2.28. The Kier molecular flexibility index (Phi) is 5.25. The summed E-state index contributed by atoms with van der Waals surface area (Å²) in [4.78, 5) is 17.4. The highest BCUT2D eigenvalue weighted by atomic mass is 32.1. The summed E-state index contributed by atoms with van der Waals surface area (Å²) in [5.74, 6) is -0.122. The summed E-state index contributed by atoms with van der Waals surface area (Å²) < 4.78 is 0. The first-order chi connectivity index (χ1) is 10.0. The number of anilines is 2. The van der Waals surface area contributed by atoms with E-state index in [2.05, 4.69) is 35.7 Å². The third kappa shape index (κ3) is 3.77. The van der Waals surface area contributed by atoms with Gasteiger partial charge in [0.2, 0.25) is 0 Å². The van der Waals surface area contributed by atoms with Crippen molar-refractivity contribution in [3.8, 4) is 0 Å². The maximum absolute atomic E-state index is 12.1. The SMILES string of the molecule is C=CCNC(=O)c1sc(N2CCCN(C)CC2C)cc1N. The van der Waals surface area contributed by atoms with Gasteiger partial charge in [-0.1, -0.05) is 6.08 Å². The second kappa shape index (κ2) is 6.95. The molecule has 1 amide bonds. The van der Waals surface area contributed by atoms with E-state index in [9.17, 15) is 4.79 Å². The molecule has 1 aliphatic rings. The molecule has 1 aromatic rings. The highest BCUT2D eigenvalue weighted by Crippen LogP contribution is 2.34. The number of rotatable bonds is 4. The molecule has 2 rings (SSSR count). The van der Waals surface area contributed by atoms with Crippen molar-refractivity contribution in [3.05, 3.63) is 23.6 Å². The van der Waals surface area contributed by atoms with Crippen molar-refractivity contribution in [1.29, 1.82) is 0 Å². The molecular formula is C15H24N4OS. The molecule has 2 heterocycles. The number of likely N-dealkylation sites (N-methyl/N-ethyl adjacent to an activating group) is 1. The zero-order chi connectivity index (χ0) is 15.4. The van der Waals surface area contributed by atoms with Gasteiger partial charge >= 0.3 is 0 Å². The molecule has 1 atom stereocenters. The van der Waals surface area contributed by atoms with Crippen molar-refractivity contribution in [2.24, 2.45) is 0 Å². The number of hydrogen-bond donors (Lipinski definition) is 2. The number of nitrogens with zero attached hydrogens (tertiary/aromatic N) is 2. The first-order valence-electron chi connectivity index (χ1n) is 7.26. The molecular weight excluding hydrogens is 284 g/mol. The molecule has 0 saturated carbocycles. The molecule has 1 aromatic heterocycles. The fourth-order valence-electron chi connectivity index (χ4n) is 2.66. The molecule has 1 saturated heterocycles. The quantitative estimate of drug-likeness (QED) is 0.832. The maximum Gasteiger partial charge on any atom is 0.263 e. The van der Waals surface area contributed by atoms with E-state index in [4.69, 9.17) is 5.73 Å². The number of nitrogen functional groups attached to an aromatic ring is 1. The summed E-state index contributed by atoms with van der Waals surface area (Å²) in [6.45, 7) is 9.40. The number of thiophene rings is 1. The Labute approximate surface area is 130 Å². The van der Waals surface area contributed by atoms with Crippen LogP contribution in [0, 0.1) is 0 Å². The monoisotopic (exact) mass is 308 g/mol. The van der Waals surface area contributed by atoms with Gasteiger partial charge in [-0.25, -0.2) is 0 Å². The molecule has 0 spiro atoms. The Hall–Kier alpha value is -1.53. The van der Waals surface area contributed by atoms with E-state index >= 15 is 0 Å². The van der Waals surface area contributed by atoms with Crippen LogP contribution in [0.4, 0.5) is 10.7 Å². The maximum atomic E-state index is 12.1. The minimum Gasteiger partial charge on any atom is -0.397 e. The van der Waals surface area contributed by atoms with E-state index in [1.807, 2.05) is 6.07 Å². The molecule has 3 N–H and O–H groups in total. The van der Waals surface area contributed by atoms with Gasteiger partial charge in [-0.2, -0.15) is 0 Å². The van der Waals surface area contributed by atoms with Crippen LogP contribution in [-0.4, -0.2) is 50.1 Å². The van der Waals surface area contributed by atoms with Crippen LogP contribution < -0.4 is 16.0 Å². The van der Waals surface area contributed by atoms with Gasteiger partial charge in [-0.05, 0) is 33.0 Å². The third-order valence-corrected chi connectivity index (χ3v) is 4.88. The van der Waals surface area contributed by atoms with Crippen molar-refractivity contribution < 1.29 is 4.79 Å². The first-order valence-corrected chi connectivity index (χ1v) is 8.08. The molecule has 21 heavy (non-hydrogen) atoms. The average molecular weight is 308 g/mol. The number of hydrogen-bond acceptors (Lipinski definition) is 5. The third-order valence-electron chi connectivity index (χ3n) is 3.69. The van der Waals surface area contributed by atoms with Gasteiger partial charge in [0, 0.05) is 25.7 Å². The van der Waals surface area contributed by atoms with Gasteiger partial charge < -0.3 is 20.9 Å². The smallest absolute Gasteiger partial charge is 0.263 e. The van der Waals surface area contributed by atoms with Gasteiger partial charge in [0.25, 0.3) is 5.91 Å². The van der Waals surface area contributed by atoms with Crippen LogP contribution in [0.3, 0.4) is 0 Å². The molecule has 1 aliphatic heterocycles. The van der Waals surface area contributed by atoms with Gasteiger partial charge in [0.05, 0.1) is 10.7 Å². The molecule has 0 aromatic carbocycles. The molecule has 0 bridgehead atoms. The van der Waals surface area contributed by atoms with Gasteiger partial charge in [0.15, 0.2) is 0 Å². The van der Waals surface area contributed by atoms with Gasteiger partial charge in [-0.3, -0.25) is 4.79 Å². The summed E-state index contributed by atoms with van der Waals surface area (Å²) in [6.07, 6.45) is 2.78. The molecule has 116 valence electrons. The lowest BCUT2D eigenvalue weighted by molar-refractivity contribution is 0.0963. The molecule has 0 radical (unpaired) electrons. The molecule has 0 aliphatic carbocycles. The van der Waals surface area contributed by atoms with Gasteiger partial charge in [-0.15, -0.1) is 17.9 Å². The molecule has 1 unspecified atom stereocenters. The predicted octanol–water partition coefficient (Wildman–Crippen LogP) is 1.78. The summed E-state index contributed by atoms with van der Waals surface area (Å²) in [7, 11) is 2.15. The Bertz CT molecular complexity index is 514. The van der Waals surface area contributed by atoms with Crippen LogP contribution >= 0.6 is 11.3 Å². The van der Waals surface area contributed by atoms with Crippen LogP contribution in [0.25, 0.3) is 0 Å². The first kappa shape index (κ1) is 15.9. The summed E-state index contributed by atoms with van der Waals surface area (Å²) in [5.41, 5.74) is 6.58. The van der Waals surface area contributed by atoms with Crippen LogP contribution in [0.2, 0.25) is 0 Å². The highest BCUT2D eigenvalue weighted by Gasteiger charge is 2.23. The average Bonchev–Trinajstić information content (AvgIpc) is 2.73. The fourth-order valence-corrected chi connectivity index (χ4v) is 3.78.